The summed E-state index contributed by atoms with van der Waals surface area (Å²) in [5.74, 6) is 1.02. The van der Waals surface area contributed by atoms with E-state index in [4.69, 9.17) is 4.74 Å². The highest BCUT2D eigenvalue weighted by Gasteiger charge is 2.24. The third-order valence-electron chi connectivity index (χ3n) is 5.68. The molecular weight excluding hydrogens is 386 g/mol. The largest absolute Gasteiger partial charge is 0.494 e. The molecule has 1 aromatic carbocycles. The molecule has 0 atom stereocenters. The molecule has 1 saturated heterocycles. The highest BCUT2D eigenvalue weighted by molar-refractivity contribution is 5.97. The molecule has 1 aromatic rings. The van der Waals surface area contributed by atoms with Gasteiger partial charge in [0.1, 0.15) is 5.75 Å². The zero-order valence-corrected chi connectivity index (χ0v) is 19.1. The summed E-state index contributed by atoms with van der Waals surface area (Å²) in [6.45, 7) is 9.33. The van der Waals surface area contributed by atoms with Crippen LogP contribution in [0.25, 0.3) is 0 Å². The summed E-state index contributed by atoms with van der Waals surface area (Å²) in [4.78, 5) is 17.1. The Kier molecular flexibility index (Phi) is 10.7. The van der Waals surface area contributed by atoms with Gasteiger partial charge in [-0.2, -0.15) is 0 Å². The number of piperidine rings is 1. The number of nitrogens with one attached hydrogen (secondary N) is 1. The number of likely N-dealkylation sites (tertiary alicyclic amines) is 1. The van der Waals surface area contributed by atoms with E-state index in [2.05, 4.69) is 29.1 Å². The molecule has 1 fully saturated rings. The number of fused-ring (bicyclic) bond motifs is 1. The van der Waals surface area contributed by atoms with Crippen molar-refractivity contribution in [2.24, 2.45) is 0 Å². The lowest BCUT2D eigenvalue weighted by Crippen LogP contribution is -2.36. The first-order chi connectivity index (χ1) is 15.2. The van der Waals surface area contributed by atoms with Crippen molar-refractivity contribution in [3.63, 3.8) is 0 Å². The van der Waals surface area contributed by atoms with Crippen LogP contribution in [0.5, 0.6) is 5.75 Å². The summed E-state index contributed by atoms with van der Waals surface area (Å²) in [6.07, 6.45) is 19.9. The number of ether oxygens (including phenoxy) is 1. The molecule has 0 bridgehead atoms. The highest BCUT2D eigenvalue weighted by Crippen LogP contribution is 2.31. The molecule has 5 nitrogen and oxygen atoms in total. The van der Waals surface area contributed by atoms with Crippen molar-refractivity contribution < 1.29 is 9.53 Å². The van der Waals surface area contributed by atoms with E-state index in [9.17, 15) is 4.79 Å². The number of terminal acetylenes is 1. The average molecular weight is 424 g/mol. The number of hydrogen-bond donors (Lipinski definition) is 1. The van der Waals surface area contributed by atoms with E-state index in [0.29, 0.717) is 6.54 Å². The smallest absolute Gasteiger partial charge is 0.246 e. The van der Waals surface area contributed by atoms with Gasteiger partial charge < -0.3 is 19.9 Å². The van der Waals surface area contributed by atoms with E-state index in [1.807, 2.05) is 49.1 Å². The molecule has 2 aliphatic heterocycles. The maximum atomic E-state index is 12.7. The van der Waals surface area contributed by atoms with E-state index in [1.165, 1.54) is 37.9 Å². The minimum Gasteiger partial charge on any atom is -0.494 e. The van der Waals surface area contributed by atoms with Crippen LogP contribution in [-0.2, 0) is 11.2 Å². The third-order valence-corrected chi connectivity index (χ3v) is 5.68. The molecule has 0 radical (unpaired) electrons. The van der Waals surface area contributed by atoms with Gasteiger partial charge in [0.05, 0.1) is 13.2 Å². The number of anilines is 1. The summed E-state index contributed by atoms with van der Waals surface area (Å²) in [5.41, 5.74) is 3.19. The Labute approximate surface area is 188 Å². The van der Waals surface area contributed by atoms with Crippen LogP contribution in [0.4, 0.5) is 5.69 Å². The summed E-state index contributed by atoms with van der Waals surface area (Å²) < 4.78 is 5.98. The summed E-state index contributed by atoms with van der Waals surface area (Å²) in [6, 6.07) is 6.13. The molecule has 3 rings (SSSR count). The fraction of sp³-hybridized carbons (Fsp3) is 0.500. The van der Waals surface area contributed by atoms with E-state index in [0.717, 1.165) is 49.7 Å². The molecule has 2 aliphatic rings. The van der Waals surface area contributed by atoms with Gasteiger partial charge in [-0.3, -0.25) is 4.79 Å². The van der Waals surface area contributed by atoms with Gasteiger partial charge in [-0.1, -0.05) is 18.6 Å². The lowest BCUT2D eigenvalue weighted by Gasteiger charge is -2.26. The number of allylic oxidation sites excluding steroid dienone is 3. The Morgan fingerprint density at radius 1 is 1.16 bits per heavy atom. The topological polar surface area (TPSA) is 44.8 Å². The number of hydrogen-bond acceptors (Lipinski definition) is 4. The number of amides is 1. The second-order valence-corrected chi connectivity index (χ2v) is 7.79. The van der Waals surface area contributed by atoms with Gasteiger partial charge in [0.25, 0.3) is 0 Å². The van der Waals surface area contributed by atoms with Crippen LogP contribution >= 0.6 is 0 Å². The van der Waals surface area contributed by atoms with Gasteiger partial charge in [-0.15, -0.1) is 12.8 Å². The number of carbonyl (C=O) groups is 1. The molecule has 5 heteroatoms. The van der Waals surface area contributed by atoms with Gasteiger partial charge in [0, 0.05) is 24.5 Å². The average Bonchev–Trinajstić information content (AvgIpc) is 3.24. The Balaban J connectivity index is 0.00000166. The molecule has 0 saturated carbocycles. The Morgan fingerprint density at radius 3 is 2.65 bits per heavy atom. The van der Waals surface area contributed by atoms with Crippen LogP contribution in [-0.4, -0.2) is 50.1 Å². The van der Waals surface area contributed by atoms with Crippen LogP contribution < -0.4 is 15.0 Å². The van der Waals surface area contributed by atoms with Crippen LogP contribution in [0.15, 0.2) is 42.1 Å². The normalized spacial score (nSPS) is 16.5. The van der Waals surface area contributed by atoms with Gasteiger partial charge in [-0.05, 0) is 82.5 Å². The zero-order chi connectivity index (χ0) is 22.5. The van der Waals surface area contributed by atoms with Crippen LogP contribution in [0.2, 0.25) is 0 Å². The van der Waals surface area contributed by atoms with Crippen LogP contribution in [0.3, 0.4) is 0 Å². The van der Waals surface area contributed by atoms with Gasteiger partial charge in [-0.25, -0.2) is 0 Å². The summed E-state index contributed by atoms with van der Waals surface area (Å²) in [5, 5.41) is 3.20. The monoisotopic (exact) mass is 423 g/mol. The van der Waals surface area contributed by atoms with Gasteiger partial charge in [0.2, 0.25) is 5.91 Å². The van der Waals surface area contributed by atoms with Crippen molar-refractivity contribution in [3.05, 3.63) is 47.7 Å². The molecule has 31 heavy (non-hydrogen) atoms. The maximum absolute atomic E-state index is 12.7. The van der Waals surface area contributed by atoms with E-state index >= 15 is 0 Å². The van der Waals surface area contributed by atoms with E-state index < -0.39 is 0 Å². The van der Waals surface area contributed by atoms with E-state index in [1.54, 1.807) is 0 Å². The molecular formula is C26H37N3O2. The number of carbonyl (C=O) groups excluding carboxylic acids is 1. The molecule has 168 valence electrons. The SMILES string of the molecule is C#C.C/C=C\C(=C/C)NCC(=O)N1CCc2cc(OCCCN3CCCCC3)ccc21. The lowest BCUT2D eigenvalue weighted by molar-refractivity contribution is -0.117. The molecule has 0 unspecified atom stereocenters. The fourth-order valence-electron chi connectivity index (χ4n) is 4.10. The second kappa shape index (κ2) is 13.6. The first-order valence-corrected chi connectivity index (χ1v) is 11.4. The van der Waals surface area contributed by atoms with Crippen molar-refractivity contribution in [1.29, 1.82) is 0 Å². The third kappa shape index (κ3) is 7.48. The van der Waals surface area contributed by atoms with Crippen LogP contribution in [0, 0.1) is 12.8 Å². The lowest BCUT2D eigenvalue weighted by atomic mass is 10.1. The van der Waals surface area contributed by atoms with E-state index in [-0.39, 0.29) is 5.91 Å². The number of rotatable bonds is 9. The molecule has 0 aliphatic carbocycles. The number of nitrogens with zero attached hydrogens (tertiary/aromatic N) is 2. The first-order valence-electron chi connectivity index (χ1n) is 11.4. The Morgan fingerprint density at radius 2 is 1.94 bits per heavy atom. The van der Waals surface area contributed by atoms with Crippen molar-refractivity contribution in [3.8, 4) is 18.6 Å². The minimum absolute atomic E-state index is 0.0998. The van der Waals surface area contributed by atoms with Gasteiger partial charge >= 0.3 is 0 Å². The first kappa shape index (κ1) is 24.6. The van der Waals surface area contributed by atoms with Crippen molar-refractivity contribution >= 4 is 11.6 Å². The highest BCUT2D eigenvalue weighted by atomic mass is 16.5. The molecule has 0 aromatic heterocycles. The molecule has 0 spiro atoms. The Hall–Kier alpha value is -2.71. The molecule has 1 amide bonds. The molecule has 1 N–H and O–H groups in total. The van der Waals surface area contributed by atoms with Crippen molar-refractivity contribution in [2.45, 2.75) is 46.0 Å². The summed E-state index contributed by atoms with van der Waals surface area (Å²) in [7, 11) is 0. The fourth-order valence-corrected chi connectivity index (χ4v) is 4.10. The zero-order valence-electron chi connectivity index (χ0n) is 19.1. The summed E-state index contributed by atoms with van der Waals surface area (Å²) >= 11 is 0. The molecule has 2 heterocycles. The predicted molar refractivity (Wildman–Crippen MR) is 129 cm³/mol. The number of benzene rings is 1. The maximum Gasteiger partial charge on any atom is 0.246 e. The predicted octanol–water partition coefficient (Wildman–Crippen LogP) is 4.15. The minimum atomic E-state index is 0.0998. The van der Waals surface area contributed by atoms with Crippen LogP contribution in [0.1, 0.15) is 45.1 Å². The Bertz CT molecular complexity index is 776. The van der Waals surface area contributed by atoms with Gasteiger partial charge in [0.15, 0.2) is 0 Å². The standard InChI is InChI=1S/C24H35N3O2.C2H2/c1-3-9-21(4-2)25-19-24(28)27-16-12-20-18-22(10-11-23(20)27)29-17-8-15-26-13-6-5-7-14-26;1-2/h3-4,9-11,18,25H,5-8,12-17,19H2,1-2H3;1-2H/b9-3-,21-4+;. The second-order valence-electron chi connectivity index (χ2n) is 7.79. The van der Waals surface area contributed by atoms with Crippen molar-refractivity contribution in [2.75, 3.05) is 44.2 Å². The van der Waals surface area contributed by atoms with Crippen molar-refractivity contribution in [1.82, 2.24) is 10.2 Å². The quantitative estimate of drug-likeness (QED) is 0.368.